The van der Waals surface area contributed by atoms with Gasteiger partial charge >= 0.3 is 17.9 Å². The van der Waals surface area contributed by atoms with Crippen LogP contribution in [0.25, 0.3) is 0 Å². The summed E-state index contributed by atoms with van der Waals surface area (Å²) >= 11 is 0. The van der Waals surface area contributed by atoms with E-state index in [4.69, 9.17) is 4.74 Å². The Bertz CT molecular complexity index is 384. The van der Waals surface area contributed by atoms with E-state index in [1.165, 1.54) is 14.2 Å². The summed E-state index contributed by atoms with van der Waals surface area (Å²) in [5.74, 6) is -2.72. The molecule has 1 fully saturated rings. The lowest BCUT2D eigenvalue weighted by Crippen LogP contribution is -2.39. The number of carbonyl (C=O) groups excluding carboxylic acids is 3. The summed E-state index contributed by atoms with van der Waals surface area (Å²) in [7, 11) is 2.51. The monoisotopic (exact) mass is 256 g/mol. The van der Waals surface area contributed by atoms with Crippen molar-refractivity contribution in [1.29, 1.82) is 0 Å². The lowest BCUT2D eigenvalue weighted by Gasteiger charge is -2.30. The molecule has 2 atom stereocenters. The number of rotatable bonds is 3. The van der Waals surface area contributed by atoms with Gasteiger partial charge in [0.15, 0.2) is 0 Å². The molecule has 0 radical (unpaired) electrons. The van der Waals surface area contributed by atoms with Crippen LogP contribution in [-0.2, 0) is 28.6 Å². The van der Waals surface area contributed by atoms with Crippen molar-refractivity contribution in [2.75, 3.05) is 20.8 Å². The number of ether oxygens (including phenoxy) is 3. The molecule has 0 bridgehead atoms. The van der Waals surface area contributed by atoms with Crippen molar-refractivity contribution in [3.05, 3.63) is 11.6 Å². The van der Waals surface area contributed by atoms with E-state index in [9.17, 15) is 14.4 Å². The molecule has 0 aliphatic carbocycles. The van der Waals surface area contributed by atoms with E-state index >= 15 is 0 Å². The predicted octanol–water partition coefficient (Wildman–Crippen LogP) is 0.458. The second-order valence-corrected chi connectivity index (χ2v) is 3.86. The van der Waals surface area contributed by atoms with Gasteiger partial charge < -0.3 is 14.2 Å². The normalized spacial score (nSPS) is 25.5. The smallest absolute Gasteiger partial charge is 0.334 e. The molecular weight excluding hydrogens is 240 g/mol. The van der Waals surface area contributed by atoms with Crippen LogP contribution in [0.2, 0.25) is 0 Å². The van der Waals surface area contributed by atoms with Crippen molar-refractivity contribution in [3.63, 3.8) is 0 Å². The first-order chi connectivity index (χ1) is 8.54. The highest BCUT2D eigenvalue weighted by molar-refractivity contribution is 5.93. The maximum absolute atomic E-state index is 11.6. The van der Waals surface area contributed by atoms with E-state index in [1.807, 2.05) is 0 Å². The minimum absolute atomic E-state index is 0.0506. The zero-order chi connectivity index (χ0) is 13.7. The Balaban J connectivity index is 2.99. The van der Waals surface area contributed by atoms with Crippen molar-refractivity contribution in [2.24, 2.45) is 11.8 Å². The van der Waals surface area contributed by atoms with Crippen LogP contribution in [0.5, 0.6) is 0 Å². The molecule has 0 unspecified atom stereocenters. The summed E-state index contributed by atoms with van der Waals surface area (Å²) in [5, 5.41) is 0. The Morgan fingerprint density at radius 1 is 1.39 bits per heavy atom. The third-order valence-corrected chi connectivity index (χ3v) is 2.94. The number of hydrogen-bond donors (Lipinski definition) is 0. The Labute approximate surface area is 105 Å². The highest BCUT2D eigenvalue weighted by Crippen LogP contribution is 2.31. The molecule has 6 heteroatoms. The van der Waals surface area contributed by atoms with Gasteiger partial charge in [-0.3, -0.25) is 9.59 Å². The molecule has 1 rings (SSSR count). The highest BCUT2D eigenvalue weighted by atomic mass is 16.5. The quantitative estimate of drug-likeness (QED) is 0.414. The maximum Gasteiger partial charge on any atom is 0.334 e. The number of cyclic esters (lactones) is 1. The van der Waals surface area contributed by atoms with Crippen LogP contribution < -0.4 is 0 Å². The first kappa shape index (κ1) is 14.2. The molecule has 0 N–H and O–H groups in total. The molecule has 1 heterocycles. The second-order valence-electron chi connectivity index (χ2n) is 3.86. The number of hydrogen-bond acceptors (Lipinski definition) is 6. The summed E-state index contributed by atoms with van der Waals surface area (Å²) in [6.07, 6.45) is 1.50. The van der Waals surface area contributed by atoms with Crippen LogP contribution in [0.1, 0.15) is 13.3 Å². The third-order valence-electron chi connectivity index (χ3n) is 2.94. The first-order valence-corrected chi connectivity index (χ1v) is 5.53. The van der Waals surface area contributed by atoms with Crippen LogP contribution >= 0.6 is 0 Å². The highest BCUT2D eigenvalue weighted by Gasteiger charge is 2.41. The van der Waals surface area contributed by atoms with Crippen LogP contribution in [-0.4, -0.2) is 38.7 Å². The van der Waals surface area contributed by atoms with Crippen LogP contribution in [0.3, 0.4) is 0 Å². The molecule has 0 aromatic rings. The van der Waals surface area contributed by atoms with Crippen LogP contribution in [0, 0.1) is 11.8 Å². The van der Waals surface area contributed by atoms with Gasteiger partial charge in [-0.25, -0.2) is 4.79 Å². The van der Waals surface area contributed by atoms with Crippen molar-refractivity contribution < 1.29 is 28.6 Å². The minimum atomic E-state index is -0.669. The number of methoxy groups -OCH3 is 2. The van der Waals surface area contributed by atoms with E-state index < -0.39 is 29.7 Å². The SMILES string of the molecule is C/C=C1\C(=O)OC[C@H](C(=O)OC)[C@H]1CC(=O)OC. The van der Waals surface area contributed by atoms with Crippen molar-refractivity contribution in [2.45, 2.75) is 13.3 Å². The van der Waals surface area contributed by atoms with Crippen molar-refractivity contribution in [1.82, 2.24) is 0 Å². The zero-order valence-electron chi connectivity index (χ0n) is 10.6. The number of carbonyl (C=O) groups is 3. The zero-order valence-corrected chi connectivity index (χ0v) is 10.6. The molecule has 1 aliphatic rings. The van der Waals surface area contributed by atoms with Gasteiger partial charge in [0.05, 0.1) is 26.6 Å². The minimum Gasteiger partial charge on any atom is -0.469 e. The van der Waals surface area contributed by atoms with E-state index in [0.29, 0.717) is 5.57 Å². The van der Waals surface area contributed by atoms with Gasteiger partial charge in [0.1, 0.15) is 6.61 Å². The summed E-state index contributed by atoms with van der Waals surface area (Å²) in [6, 6.07) is 0. The maximum atomic E-state index is 11.6. The summed E-state index contributed by atoms with van der Waals surface area (Å²) in [5.41, 5.74) is 0.307. The average Bonchev–Trinajstić information content (AvgIpc) is 2.38. The Morgan fingerprint density at radius 3 is 2.56 bits per heavy atom. The molecule has 0 amide bonds. The molecule has 0 aromatic heterocycles. The molecule has 6 nitrogen and oxygen atoms in total. The first-order valence-electron chi connectivity index (χ1n) is 5.53. The molecule has 0 spiro atoms. The van der Waals surface area contributed by atoms with E-state index in [1.54, 1.807) is 13.0 Å². The Hall–Kier alpha value is -1.85. The van der Waals surface area contributed by atoms with Gasteiger partial charge in [-0.1, -0.05) is 6.08 Å². The second kappa shape index (κ2) is 6.18. The fourth-order valence-electron chi connectivity index (χ4n) is 1.96. The van der Waals surface area contributed by atoms with E-state index in [0.717, 1.165) is 0 Å². The molecule has 18 heavy (non-hydrogen) atoms. The Morgan fingerprint density at radius 2 is 2.06 bits per heavy atom. The lowest BCUT2D eigenvalue weighted by molar-refractivity contribution is -0.159. The van der Waals surface area contributed by atoms with E-state index in [2.05, 4.69) is 9.47 Å². The standard InChI is InChI=1S/C12H16O6/c1-4-7-8(5-10(13)16-2)9(11(14)17-3)6-18-12(7)15/h4,8-9H,5-6H2,1-3H3/b7-4-/t8-,9-/m0/s1. The van der Waals surface area contributed by atoms with Gasteiger partial charge in [-0.05, 0) is 6.92 Å². The molecular formula is C12H16O6. The van der Waals surface area contributed by atoms with Crippen molar-refractivity contribution >= 4 is 17.9 Å². The largest absolute Gasteiger partial charge is 0.469 e. The van der Waals surface area contributed by atoms with Crippen LogP contribution in [0.15, 0.2) is 11.6 Å². The lowest BCUT2D eigenvalue weighted by atomic mass is 9.81. The summed E-state index contributed by atoms with van der Waals surface area (Å²) in [4.78, 5) is 34.5. The Kier molecular flexibility index (Phi) is 4.88. The molecule has 1 aliphatic heterocycles. The third kappa shape index (κ3) is 2.88. The number of esters is 3. The van der Waals surface area contributed by atoms with E-state index in [-0.39, 0.29) is 13.0 Å². The fraction of sp³-hybridized carbons (Fsp3) is 0.583. The van der Waals surface area contributed by atoms with Gasteiger partial charge in [0.2, 0.25) is 0 Å². The van der Waals surface area contributed by atoms with Gasteiger partial charge in [0.25, 0.3) is 0 Å². The van der Waals surface area contributed by atoms with Gasteiger partial charge in [-0.2, -0.15) is 0 Å². The van der Waals surface area contributed by atoms with Gasteiger partial charge in [-0.15, -0.1) is 0 Å². The predicted molar refractivity (Wildman–Crippen MR) is 60.3 cm³/mol. The van der Waals surface area contributed by atoms with Crippen LogP contribution in [0.4, 0.5) is 0 Å². The molecule has 100 valence electrons. The molecule has 0 saturated carbocycles. The fourth-order valence-corrected chi connectivity index (χ4v) is 1.96. The molecule has 0 aromatic carbocycles. The topological polar surface area (TPSA) is 78.9 Å². The summed E-state index contributed by atoms with van der Waals surface area (Å²) in [6.45, 7) is 1.57. The average molecular weight is 256 g/mol. The van der Waals surface area contributed by atoms with Crippen molar-refractivity contribution in [3.8, 4) is 0 Å². The number of allylic oxidation sites excluding steroid dienone is 1. The van der Waals surface area contributed by atoms with Gasteiger partial charge in [0, 0.05) is 11.5 Å². The summed E-state index contributed by atoms with van der Waals surface area (Å²) < 4.78 is 14.1. The molecule has 1 saturated heterocycles.